The third-order valence-electron chi connectivity index (χ3n) is 2.24. The van der Waals surface area contributed by atoms with E-state index in [4.69, 9.17) is 11.5 Å². The predicted octanol–water partition coefficient (Wildman–Crippen LogP) is 1.35. The van der Waals surface area contributed by atoms with Crippen LogP contribution in [-0.4, -0.2) is 4.98 Å². The highest BCUT2D eigenvalue weighted by atomic mass is 19.1. The lowest BCUT2D eigenvalue weighted by molar-refractivity contribution is 0.631. The lowest BCUT2D eigenvalue weighted by Crippen LogP contribution is -2.14. The molecule has 0 aliphatic heterocycles. The molecule has 82 valence electrons. The maximum atomic E-state index is 13.5. The second-order valence-corrected chi connectivity index (χ2v) is 3.36. The van der Waals surface area contributed by atoms with Gasteiger partial charge >= 0.3 is 0 Å². The fourth-order valence-electron chi connectivity index (χ4n) is 1.45. The van der Waals surface area contributed by atoms with Crippen molar-refractivity contribution in [2.75, 3.05) is 11.5 Å². The number of aromatic amines is 1. The van der Waals surface area contributed by atoms with E-state index in [2.05, 4.69) is 4.98 Å². The maximum Gasteiger partial charge on any atom is 0.271 e. The van der Waals surface area contributed by atoms with E-state index >= 15 is 0 Å². The highest BCUT2D eigenvalue weighted by molar-refractivity contribution is 5.74. The predicted molar refractivity (Wildman–Crippen MR) is 61.3 cm³/mol. The highest BCUT2D eigenvalue weighted by Crippen LogP contribution is 2.25. The Labute approximate surface area is 90.7 Å². The Morgan fingerprint density at radius 2 is 1.81 bits per heavy atom. The van der Waals surface area contributed by atoms with Crippen LogP contribution in [0.1, 0.15) is 0 Å². The van der Waals surface area contributed by atoms with Gasteiger partial charge in [-0.1, -0.05) is 12.1 Å². The summed E-state index contributed by atoms with van der Waals surface area (Å²) in [4.78, 5) is 13.8. The van der Waals surface area contributed by atoms with E-state index in [1.54, 1.807) is 12.1 Å². The maximum absolute atomic E-state index is 13.5. The number of aromatic nitrogens is 1. The van der Waals surface area contributed by atoms with Crippen LogP contribution in [0.25, 0.3) is 11.3 Å². The van der Waals surface area contributed by atoms with Crippen LogP contribution in [0.3, 0.4) is 0 Å². The van der Waals surface area contributed by atoms with Crippen molar-refractivity contribution in [3.05, 3.63) is 46.5 Å². The first-order valence-corrected chi connectivity index (χ1v) is 4.63. The minimum absolute atomic E-state index is 0.0117. The summed E-state index contributed by atoms with van der Waals surface area (Å²) in [6, 6.07) is 7.37. The topological polar surface area (TPSA) is 84.9 Å². The van der Waals surface area contributed by atoms with Gasteiger partial charge in [0.15, 0.2) is 0 Å². The number of anilines is 2. The molecular formula is C11H10FN3O. The quantitative estimate of drug-likeness (QED) is 0.676. The molecule has 0 spiro atoms. The Kier molecular flexibility index (Phi) is 2.36. The number of pyridine rings is 1. The van der Waals surface area contributed by atoms with Crippen LogP contribution >= 0.6 is 0 Å². The van der Waals surface area contributed by atoms with Gasteiger partial charge in [-0.2, -0.15) is 0 Å². The molecule has 0 radical (unpaired) electrons. The summed E-state index contributed by atoms with van der Waals surface area (Å²) < 4.78 is 13.5. The molecule has 2 aromatic rings. The first kappa shape index (κ1) is 10.2. The van der Waals surface area contributed by atoms with E-state index in [-0.39, 0.29) is 22.6 Å². The van der Waals surface area contributed by atoms with Crippen LogP contribution in [0.15, 0.2) is 35.1 Å². The molecule has 0 bridgehead atoms. The molecule has 0 saturated carbocycles. The minimum Gasteiger partial charge on any atom is -0.397 e. The number of nitrogens with two attached hydrogens (primary N) is 2. The first-order valence-electron chi connectivity index (χ1n) is 4.63. The third kappa shape index (κ3) is 1.63. The molecule has 0 aliphatic carbocycles. The number of benzene rings is 1. The summed E-state index contributed by atoms with van der Waals surface area (Å²) in [5, 5.41) is 0. The monoisotopic (exact) mass is 219 g/mol. The van der Waals surface area contributed by atoms with Crippen molar-refractivity contribution in [3.63, 3.8) is 0 Å². The number of rotatable bonds is 1. The van der Waals surface area contributed by atoms with Crippen LogP contribution in [0.2, 0.25) is 0 Å². The average Bonchev–Trinajstić information content (AvgIpc) is 2.25. The number of nitrogen functional groups attached to an aromatic ring is 2. The average molecular weight is 219 g/mol. The van der Waals surface area contributed by atoms with E-state index in [0.29, 0.717) is 0 Å². The van der Waals surface area contributed by atoms with Crippen molar-refractivity contribution in [3.8, 4) is 11.3 Å². The van der Waals surface area contributed by atoms with Gasteiger partial charge in [-0.15, -0.1) is 0 Å². The van der Waals surface area contributed by atoms with Crippen LogP contribution in [0.5, 0.6) is 0 Å². The molecule has 0 amide bonds. The van der Waals surface area contributed by atoms with Gasteiger partial charge < -0.3 is 16.5 Å². The Hall–Kier alpha value is -2.30. The largest absolute Gasteiger partial charge is 0.397 e. The second kappa shape index (κ2) is 3.69. The van der Waals surface area contributed by atoms with Crippen LogP contribution < -0.4 is 17.0 Å². The summed E-state index contributed by atoms with van der Waals surface area (Å²) >= 11 is 0. The first-order chi connectivity index (χ1) is 7.59. The van der Waals surface area contributed by atoms with Gasteiger partial charge in [0.25, 0.3) is 5.56 Å². The van der Waals surface area contributed by atoms with Gasteiger partial charge in [-0.05, 0) is 18.2 Å². The summed E-state index contributed by atoms with van der Waals surface area (Å²) in [6.07, 6.45) is 0. The Morgan fingerprint density at radius 3 is 2.50 bits per heavy atom. The number of hydrogen-bond donors (Lipinski definition) is 3. The third-order valence-corrected chi connectivity index (χ3v) is 2.24. The summed E-state index contributed by atoms with van der Waals surface area (Å²) in [7, 11) is 0. The fourth-order valence-corrected chi connectivity index (χ4v) is 1.45. The fraction of sp³-hybridized carbons (Fsp3) is 0. The highest BCUT2D eigenvalue weighted by Gasteiger charge is 2.09. The zero-order valence-electron chi connectivity index (χ0n) is 8.33. The number of halogens is 1. The van der Waals surface area contributed by atoms with E-state index < -0.39 is 11.4 Å². The molecular weight excluding hydrogens is 209 g/mol. The Bertz CT molecular complexity index is 592. The molecule has 0 aliphatic rings. The van der Waals surface area contributed by atoms with Crippen LogP contribution in [0.4, 0.5) is 15.8 Å². The van der Waals surface area contributed by atoms with Gasteiger partial charge in [-0.25, -0.2) is 4.39 Å². The van der Waals surface area contributed by atoms with Crippen molar-refractivity contribution in [1.82, 2.24) is 4.98 Å². The minimum atomic E-state index is -0.479. The van der Waals surface area contributed by atoms with Crippen molar-refractivity contribution < 1.29 is 4.39 Å². The van der Waals surface area contributed by atoms with Gasteiger partial charge in [0.2, 0.25) is 0 Å². The van der Waals surface area contributed by atoms with E-state index in [1.165, 1.54) is 18.2 Å². The lowest BCUT2D eigenvalue weighted by Gasteiger charge is -2.07. The molecule has 2 rings (SSSR count). The molecule has 0 saturated heterocycles. The number of nitrogens with one attached hydrogen (secondary N) is 1. The summed E-state index contributed by atoms with van der Waals surface area (Å²) in [5.41, 5.74) is 11.3. The van der Waals surface area contributed by atoms with Crippen molar-refractivity contribution >= 4 is 11.4 Å². The van der Waals surface area contributed by atoms with E-state index in [9.17, 15) is 9.18 Å². The zero-order chi connectivity index (χ0) is 11.7. The Balaban J connectivity index is 2.70. The standard InChI is InChI=1S/C11H10FN3O/c12-7-4-2-1-3-6(7)10-8(13)5-9(14)11(16)15-10/h1-5H,13-14H2,(H,15,16). The molecule has 0 fully saturated rings. The van der Waals surface area contributed by atoms with Crippen molar-refractivity contribution in [2.45, 2.75) is 0 Å². The van der Waals surface area contributed by atoms with E-state index in [1.807, 2.05) is 0 Å². The van der Waals surface area contributed by atoms with Crippen molar-refractivity contribution in [1.29, 1.82) is 0 Å². The molecule has 0 atom stereocenters. The molecule has 5 N–H and O–H groups in total. The Morgan fingerprint density at radius 1 is 1.12 bits per heavy atom. The van der Waals surface area contributed by atoms with Crippen molar-refractivity contribution in [2.24, 2.45) is 0 Å². The molecule has 1 heterocycles. The van der Waals surface area contributed by atoms with Gasteiger partial charge in [-0.3, -0.25) is 4.79 Å². The zero-order valence-corrected chi connectivity index (χ0v) is 8.33. The van der Waals surface area contributed by atoms with Crippen LogP contribution in [-0.2, 0) is 0 Å². The normalized spacial score (nSPS) is 10.3. The number of H-pyrrole nitrogens is 1. The summed E-state index contributed by atoms with van der Waals surface area (Å²) in [6.45, 7) is 0. The SMILES string of the molecule is Nc1cc(N)c(=O)[nH]c1-c1ccccc1F. The molecule has 5 heteroatoms. The molecule has 1 aromatic heterocycles. The number of hydrogen-bond acceptors (Lipinski definition) is 3. The second-order valence-electron chi connectivity index (χ2n) is 3.36. The molecule has 16 heavy (non-hydrogen) atoms. The van der Waals surface area contributed by atoms with Gasteiger partial charge in [0.05, 0.1) is 17.1 Å². The van der Waals surface area contributed by atoms with Crippen LogP contribution in [0, 0.1) is 5.82 Å². The van der Waals surface area contributed by atoms with E-state index in [0.717, 1.165) is 0 Å². The molecule has 4 nitrogen and oxygen atoms in total. The lowest BCUT2D eigenvalue weighted by atomic mass is 10.1. The summed E-state index contributed by atoms with van der Waals surface area (Å²) in [5.74, 6) is -0.449. The smallest absolute Gasteiger partial charge is 0.271 e. The van der Waals surface area contributed by atoms with Gasteiger partial charge in [0, 0.05) is 5.56 Å². The van der Waals surface area contributed by atoms with Gasteiger partial charge in [0.1, 0.15) is 5.82 Å². The molecule has 1 aromatic carbocycles. The molecule has 0 unspecified atom stereocenters.